The Hall–Kier alpha value is -1.62. The molecule has 19 heavy (non-hydrogen) atoms. The van der Waals surface area contributed by atoms with E-state index in [1.165, 1.54) is 24.6 Å². The van der Waals surface area contributed by atoms with Gasteiger partial charge in [-0.15, -0.1) is 0 Å². The molecule has 0 saturated carbocycles. The minimum atomic E-state index is -0.468. The highest BCUT2D eigenvalue weighted by atomic mass is 19.1. The van der Waals surface area contributed by atoms with E-state index in [1.54, 1.807) is 0 Å². The minimum absolute atomic E-state index is 0.0474. The van der Waals surface area contributed by atoms with Crippen LogP contribution in [0.4, 0.5) is 15.8 Å². The van der Waals surface area contributed by atoms with E-state index >= 15 is 0 Å². The maximum absolute atomic E-state index is 13.0. The number of hydrogen-bond donors (Lipinski definition) is 2. The highest BCUT2D eigenvalue weighted by Gasteiger charge is 2.18. The first kappa shape index (κ1) is 13.8. The number of rotatable bonds is 4. The Morgan fingerprint density at radius 3 is 3.00 bits per heavy atom. The van der Waals surface area contributed by atoms with Gasteiger partial charge in [-0.25, -0.2) is 4.39 Å². The molecule has 104 valence electrons. The van der Waals surface area contributed by atoms with Crippen LogP contribution in [0, 0.1) is 11.7 Å². The molecule has 1 atom stereocenters. The van der Waals surface area contributed by atoms with Gasteiger partial charge in [0.1, 0.15) is 5.82 Å². The highest BCUT2D eigenvalue weighted by Crippen LogP contribution is 2.17. The molecule has 4 nitrogen and oxygen atoms in total. The zero-order valence-electron chi connectivity index (χ0n) is 11.2. The molecule has 0 bridgehead atoms. The number of nitrogens with two attached hydrogens (primary N) is 1. The summed E-state index contributed by atoms with van der Waals surface area (Å²) in [6.07, 6.45) is 1.65. The van der Waals surface area contributed by atoms with Crippen LogP contribution in [0.2, 0.25) is 0 Å². The number of amides is 1. The van der Waals surface area contributed by atoms with E-state index in [2.05, 4.69) is 17.1 Å². The van der Waals surface area contributed by atoms with E-state index in [0.717, 1.165) is 25.6 Å². The van der Waals surface area contributed by atoms with Gasteiger partial charge >= 0.3 is 0 Å². The predicted molar refractivity (Wildman–Crippen MR) is 74.3 cm³/mol. The Morgan fingerprint density at radius 2 is 2.37 bits per heavy atom. The molecule has 1 fully saturated rings. The van der Waals surface area contributed by atoms with Crippen LogP contribution < -0.4 is 11.1 Å². The Kier molecular flexibility index (Phi) is 4.37. The van der Waals surface area contributed by atoms with E-state index < -0.39 is 5.82 Å². The summed E-state index contributed by atoms with van der Waals surface area (Å²) in [5, 5.41) is 2.73. The second kappa shape index (κ2) is 6.02. The topological polar surface area (TPSA) is 58.4 Å². The van der Waals surface area contributed by atoms with Gasteiger partial charge in [0.05, 0.1) is 5.69 Å². The summed E-state index contributed by atoms with van der Waals surface area (Å²) in [5.74, 6) is 0.189. The Labute approximate surface area is 112 Å². The number of nitrogens with zero attached hydrogens (tertiary/aromatic N) is 1. The zero-order valence-corrected chi connectivity index (χ0v) is 11.2. The van der Waals surface area contributed by atoms with E-state index in [0.29, 0.717) is 12.1 Å². The molecule has 0 radical (unpaired) electrons. The Morgan fingerprint density at radius 1 is 1.58 bits per heavy atom. The summed E-state index contributed by atoms with van der Waals surface area (Å²) in [5.41, 5.74) is 6.04. The molecule has 1 unspecified atom stereocenters. The molecule has 2 rings (SSSR count). The van der Waals surface area contributed by atoms with Gasteiger partial charge in [-0.1, -0.05) is 6.92 Å². The number of anilines is 2. The first-order chi connectivity index (χ1) is 9.04. The lowest BCUT2D eigenvalue weighted by atomic mass is 10.2. The van der Waals surface area contributed by atoms with Crippen molar-refractivity contribution in [2.75, 3.05) is 30.7 Å². The van der Waals surface area contributed by atoms with Crippen molar-refractivity contribution in [2.45, 2.75) is 19.8 Å². The van der Waals surface area contributed by atoms with Crippen LogP contribution in [0.3, 0.4) is 0 Å². The molecule has 1 aliphatic heterocycles. The average molecular weight is 265 g/mol. The standard InChI is InChI=1S/C14H20FN3O/c1-10-4-6-18(9-10)7-5-14(19)17-11-2-3-12(15)13(16)8-11/h2-3,8,10H,4-7,9,16H2,1H3,(H,17,19). The fourth-order valence-corrected chi connectivity index (χ4v) is 2.33. The second-order valence-corrected chi connectivity index (χ2v) is 5.23. The summed E-state index contributed by atoms with van der Waals surface area (Å²) in [6, 6.07) is 4.21. The third-order valence-electron chi connectivity index (χ3n) is 3.44. The van der Waals surface area contributed by atoms with Crippen LogP contribution in [0.1, 0.15) is 19.8 Å². The number of likely N-dealkylation sites (tertiary alicyclic amines) is 1. The van der Waals surface area contributed by atoms with Gasteiger partial charge in [0, 0.05) is 25.2 Å². The van der Waals surface area contributed by atoms with Crippen molar-refractivity contribution in [1.29, 1.82) is 0 Å². The summed E-state index contributed by atoms with van der Waals surface area (Å²) in [6.45, 7) is 5.13. The lowest BCUT2D eigenvalue weighted by molar-refractivity contribution is -0.116. The van der Waals surface area contributed by atoms with Crippen molar-refractivity contribution in [2.24, 2.45) is 5.92 Å². The molecule has 1 aromatic rings. The quantitative estimate of drug-likeness (QED) is 0.819. The largest absolute Gasteiger partial charge is 0.396 e. The van der Waals surface area contributed by atoms with Gasteiger partial charge in [-0.05, 0) is 37.1 Å². The van der Waals surface area contributed by atoms with Gasteiger partial charge in [-0.3, -0.25) is 4.79 Å². The highest BCUT2D eigenvalue weighted by molar-refractivity contribution is 5.91. The number of carbonyl (C=O) groups is 1. The van der Waals surface area contributed by atoms with Crippen molar-refractivity contribution >= 4 is 17.3 Å². The summed E-state index contributed by atoms with van der Waals surface area (Å²) in [7, 11) is 0. The van der Waals surface area contributed by atoms with E-state index in [4.69, 9.17) is 5.73 Å². The first-order valence-corrected chi connectivity index (χ1v) is 6.62. The fourth-order valence-electron chi connectivity index (χ4n) is 2.33. The number of hydrogen-bond acceptors (Lipinski definition) is 3. The number of benzene rings is 1. The van der Waals surface area contributed by atoms with Crippen molar-refractivity contribution < 1.29 is 9.18 Å². The SMILES string of the molecule is CC1CCN(CCC(=O)Nc2ccc(F)c(N)c2)C1. The van der Waals surface area contributed by atoms with Crippen LogP contribution >= 0.6 is 0 Å². The van der Waals surface area contributed by atoms with Gasteiger partial charge in [-0.2, -0.15) is 0 Å². The van der Waals surface area contributed by atoms with Crippen molar-refractivity contribution in [3.8, 4) is 0 Å². The van der Waals surface area contributed by atoms with Crippen LogP contribution in [-0.4, -0.2) is 30.4 Å². The third kappa shape index (κ3) is 3.92. The van der Waals surface area contributed by atoms with Crippen molar-refractivity contribution in [3.63, 3.8) is 0 Å². The molecule has 0 aliphatic carbocycles. The molecular formula is C14H20FN3O. The van der Waals surface area contributed by atoms with Crippen LogP contribution in [0.15, 0.2) is 18.2 Å². The molecule has 1 amide bonds. The lowest BCUT2D eigenvalue weighted by Gasteiger charge is -2.14. The number of nitrogen functional groups attached to an aromatic ring is 1. The molecule has 0 spiro atoms. The molecule has 1 aliphatic rings. The lowest BCUT2D eigenvalue weighted by Crippen LogP contribution is -2.25. The van der Waals surface area contributed by atoms with Gasteiger partial charge in [0.25, 0.3) is 0 Å². The molecular weight excluding hydrogens is 245 g/mol. The maximum atomic E-state index is 13.0. The summed E-state index contributed by atoms with van der Waals surface area (Å²) < 4.78 is 13.0. The first-order valence-electron chi connectivity index (χ1n) is 6.62. The molecule has 1 heterocycles. The summed E-state index contributed by atoms with van der Waals surface area (Å²) >= 11 is 0. The Bertz CT molecular complexity index is 464. The smallest absolute Gasteiger partial charge is 0.225 e. The van der Waals surface area contributed by atoms with E-state index in [-0.39, 0.29) is 11.6 Å². The Balaban J connectivity index is 1.79. The number of nitrogens with one attached hydrogen (secondary N) is 1. The van der Waals surface area contributed by atoms with Crippen LogP contribution in [0.25, 0.3) is 0 Å². The monoisotopic (exact) mass is 265 g/mol. The molecule has 1 aromatic carbocycles. The molecule has 0 aromatic heterocycles. The fraction of sp³-hybridized carbons (Fsp3) is 0.500. The van der Waals surface area contributed by atoms with Gasteiger partial charge in [0.2, 0.25) is 5.91 Å². The van der Waals surface area contributed by atoms with E-state index in [9.17, 15) is 9.18 Å². The van der Waals surface area contributed by atoms with Crippen LogP contribution in [0.5, 0.6) is 0 Å². The maximum Gasteiger partial charge on any atom is 0.225 e. The molecule has 1 saturated heterocycles. The third-order valence-corrected chi connectivity index (χ3v) is 3.44. The average Bonchev–Trinajstić information content (AvgIpc) is 2.77. The second-order valence-electron chi connectivity index (χ2n) is 5.23. The minimum Gasteiger partial charge on any atom is -0.396 e. The van der Waals surface area contributed by atoms with Gasteiger partial charge in [0.15, 0.2) is 0 Å². The number of halogens is 1. The molecule has 5 heteroatoms. The molecule has 3 N–H and O–H groups in total. The van der Waals surface area contributed by atoms with Crippen molar-refractivity contribution in [1.82, 2.24) is 4.90 Å². The summed E-state index contributed by atoms with van der Waals surface area (Å²) in [4.78, 5) is 14.1. The number of carbonyl (C=O) groups excluding carboxylic acids is 1. The van der Waals surface area contributed by atoms with E-state index in [1.807, 2.05) is 0 Å². The van der Waals surface area contributed by atoms with Crippen molar-refractivity contribution in [3.05, 3.63) is 24.0 Å². The predicted octanol–water partition coefficient (Wildman–Crippen LogP) is 2.08. The van der Waals surface area contributed by atoms with Gasteiger partial charge < -0.3 is 16.0 Å². The zero-order chi connectivity index (χ0) is 13.8. The van der Waals surface area contributed by atoms with Crippen LogP contribution in [-0.2, 0) is 4.79 Å². The normalized spacial score (nSPS) is 19.6.